The third kappa shape index (κ3) is 5.69. The zero-order chi connectivity index (χ0) is 24.8. The van der Waals surface area contributed by atoms with Crippen LogP contribution in [0.25, 0.3) is 11.6 Å². The van der Waals surface area contributed by atoms with Crippen LogP contribution in [-0.4, -0.2) is 9.85 Å². The number of nitro benzene ring substituents is 2. The van der Waals surface area contributed by atoms with Gasteiger partial charge in [0, 0.05) is 12.1 Å². The van der Waals surface area contributed by atoms with Crippen molar-refractivity contribution in [3.8, 4) is 23.0 Å². The van der Waals surface area contributed by atoms with E-state index in [1.807, 2.05) is 37.3 Å². The van der Waals surface area contributed by atoms with E-state index in [2.05, 4.69) is 0 Å². The highest BCUT2D eigenvalue weighted by molar-refractivity contribution is 5.80. The molecule has 8 nitrogen and oxygen atoms in total. The largest absolute Gasteiger partial charge is 0.450 e. The fraction of sp³-hybridized carbons (Fsp3) is 0.0370. The minimum Gasteiger partial charge on any atom is -0.450 e. The number of allylic oxidation sites excluding steroid dienone is 1. The Morgan fingerprint density at radius 3 is 1.54 bits per heavy atom. The Labute approximate surface area is 201 Å². The summed E-state index contributed by atoms with van der Waals surface area (Å²) >= 11 is 0. The molecule has 8 heteroatoms. The Hall–Kier alpha value is -4.98. The van der Waals surface area contributed by atoms with Gasteiger partial charge in [0.15, 0.2) is 0 Å². The van der Waals surface area contributed by atoms with Crippen LogP contribution in [0.15, 0.2) is 97.1 Å². The fourth-order valence-corrected chi connectivity index (χ4v) is 3.39. The van der Waals surface area contributed by atoms with E-state index >= 15 is 0 Å². The van der Waals surface area contributed by atoms with Gasteiger partial charge in [-0.25, -0.2) is 0 Å². The molecule has 0 N–H and O–H groups in total. The predicted molar refractivity (Wildman–Crippen MR) is 133 cm³/mol. The number of rotatable bonds is 8. The van der Waals surface area contributed by atoms with E-state index in [0.717, 1.165) is 16.7 Å². The van der Waals surface area contributed by atoms with Gasteiger partial charge in [0.05, 0.1) is 9.85 Å². The summed E-state index contributed by atoms with van der Waals surface area (Å²) in [5, 5.41) is 22.3. The molecule has 4 aromatic carbocycles. The third-order valence-corrected chi connectivity index (χ3v) is 5.15. The van der Waals surface area contributed by atoms with Crippen molar-refractivity contribution >= 4 is 23.0 Å². The monoisotopic (exact) mass is 468 g/mol. The van der Waals surface area contributed by atoms with Crippen LogP contribution >= 0.6 is 0 Å². The van der Waals surface area contributed by atoms with Crippen molar-refractivity contribution in [2.45, 2.75) is 6.92 Å². The van der Waals surface area contributed by atoms with Crippen LogP contribution in [0.5, 0.6) is 23.0 Å². The van der Waals surface area contributed by atoms with Gasteiger partial charge in [-0.1, -0.05) is 54.6 Å². The fourth-order valence-electron chi connectivity index (χ4n) is 3.39. The highest BCUT2D eigenvalue weighted by atomic mass is 16.6. The molecular formula is C27H20N2O6. The standard InChI is InChI=1S/C27H20N2O6/c1-19(21-12-16-23(17-13-21)35-27-9-5-3-7-25(27)29(32)33)18-20-10-14-22(15-11-20)34-26-8-4-2-6-24(26)28(30)31/h2-18H,1H3. The number of hydrogen-bond acceptors (Lipinski definition) is 6. The molecule has 0 aliphatic carbocycles. The Morgan fingerprint density at radius 1 is 0.657 bits per heavy atom. The van der Waals surface area contributed by atoms with Gasteiger partial charge in [0.25, 0.3) is 0 Å². The first kappa shape index (κ1) is 23.2. The van der Waals surface area contributed by atoms with E-state index < -0.39 is 9.85 Å². The average molecular weight is 468 g/mol. The van der Waals surface area contributed by atoms with E-state index in [0.29, 0.717) is 11.5 Å². The molecule has 0 heterocycles. The Morgan fingerprint density at radius 2 is 1.09 bits per heavy atom. The maximum atomic E-state index is 11.2. The molecule has 0 saturated carbocycles. The molecule has 0 saturated heterocycles. The Bertz CT molecular complexity index is 1400. The lowest BCUT2D eigenvalue weighted by atomic mass is 10.0. The number of nitrogens with zero attached hydrogens (tertiary/aromatic N) is 2. The van der Waals surface area contributed by atoms with Gasteiger partial charge in [-0.15, -0.1) is 0 Å². The van der Waals surface area contributed by atoms with Crippen molar-refractivity contribution in [2.75, 3.05) is 0 Å². The smallest absolute Gasteiger partial charge is 0.311 e. The zero-order valence-electron chi connectivity index (χ0n) is 18.7. The van der Waals surface area contributed by atoms with Crippen molar-refractivity contribution in [2.24, 2.45) is 0 Å². The first-order chi connectivity index (χ1) is 16.9. The normalized spacial score (nSPS) is 11.1. The maximum Gasteiger partial charge on any atom is 0.311 e. The van der Waals surface area contributed by atoms with Gasteiger partial charge < -0.3 is 9.47 Å². The van der Waals surface area contributed by atoms with Crippen molar-refractivity contribution < 1.29 is 19.3 Å². The highest BCUT2D eigenvalue weighted by Crippen LogP contribution is 2.33. The molecule has 0 aliphatic heterocycles. The molecule has 0 fully saturated rings. The molecule has 0 aliphatic rings. The van der Waals surface area contributed by atoms with E-state index in [1.54, 1.807) is 60.7 Å². The van der Waals surface area contributed by atoms with E-state index in [1.165, 1.54) is 12.1 Å². The summed E-state index contributed by atoms with van der Waals surface area (Å²) in [4.78, 5) is 21.4. The van der Waals surface area contributed by atoms with Crippen molar-refractivity contribution in [3.05, 3.63) is 128 Å². The minimum absolute atomic E-state index is 0.0954. The van der Waals surface area contributed by atoms with Crippen LogP contribution in [0.4, 0.5) is 11.4 Å². The van der Waals surface area contributed by atoms with Gasteiger partial charge in [-0.05, 0) is 60.0 Å². The van der Waals surface area contributed by atoms with Gasteiger partial charge in [0.2, 0.25) is 11.5 Å². The van der Waals surface area contributed by atoms with Crippen LogP contribution in [0.3, 0.4) is 0 Å². The highest BCUT2D eigenvalue weighted by Gasteiger charge is 2.15. The Balaban J connectivity index is 1.45. The molecule has 0 spiro atoms. The molecular weight excluding hydrogens is 448 g/mol. The summed E-state index contributed by atoms with van der Waals surface area (Å²) < 4.78 is 11.4. The second-order valence-electron chi connectivity index (χ2n) is 7.57. The zero-order valence-corrected chi connectivity index (χ0v) is 18.7. The van der Waals surface area contributed by atoms with Crippen LogP contribution in [0.2, 0.25) is 0 Å². The lowest BCUT2D eigenvalue weighted by Gasteiger charge is -2.08. The SMILES string of the molecule is CC(=Cc1ccc(Oc2ccccc2[N+](=O)[O-])cc1)c1ccc(Oc2ccccc2[N+](=O)[O-])cc1. The number of hydrogen-bond donors (Lipinski definition) is 0. The molecule has 35 heavy (non-hydrogen) atoms. The number of ether oxygens (including phenoxy) is 2. The second-order valence-corrected chi connectivity index (χ2v) is 7.57. The minimum atomic E-state index is -0.479. The summed E-state index contributed by atoms with van der Waals surface area (Å²) in [6.07, 6.45) is 1.99. The summed E-state index contributed by atoms with van der Waals surface area (Å²) in [5.74, 6) is 1.35. The van der Waals surface area contributed by atoms with Crippen molar-refractivity contribution in [1.29, 1.82) is 0 Å². The number of para-hydroxylation sites is 4. The van der Waals surface area contributed by atoms with Crippen LogP contribution in [-0.2, 0) is 0 Å². The molecule has 0 bridgehead atoms. The maximum absolute atomic E-state index is 11.2. The molecule has 0 aromatic heterocycles. The van der Waals surface area contributed by atoms with Crippen LogP contribution < -0.4 is 9.47 Å². The first-order valence-corrected chi connectivity index (χ1v) is 10.6. The van der Waals surface area contributed by atoms with Crippen LogP contribution in [0.1, 0.15) is 18.1 Å². The van der Waals surface area contributed by atoms with Gasteiger partial charge in [-0.3, -0.25) is 20.2 Å². The lowest BCUT2D eigenvalue weighted by Crippen LogP contribution is -1.93. The molecule has 0 unspecified atom stereocenters. The van der Waals surface area contributed by atoms with E-state index in [-0.39, 0.29) is 22.9 Å². The van der Waals surface area contributed by atoms with Gasteiger partial charge >= 0.3 is 11.4 Å². The van der Waals surface area contributed by atoms with Crippen LogP contribution in [0, 0.1) is 20.2 Å². The summed E-state index contributed by atoms with van der Waals surface area (Å²) in [7, 11) is 0. The first-order valence-electron chi connectivity index (χ1n) is 10.6. The summed E-state index contributed by atoms with van der Waals surface area (Å²) in [5.41, 5.74) is 2.69. The van der Waals surface area contributed by atoms with Gasteiger partial charge in [-0.2, -0.15) is 0 Å². The Kier molecular flexibility index (Phi) is 6.83. The predicted octanol–water partition coefficient (Wildman–Crippen LogP) is 7.65. The van der Waals surface area contributed by atoms with E-state index in [4.69, 9.17) is 9.47 Å². The third-order valence-electron chi connectivity index (χ3n) is 5.15. The van der Waals surface area contributed by atoms with Gasteiger partial charge in [0.1, 0.15) is 11.5 Å². The number of benzene rings is 4. The molecule has 0 atom stereocenters. The van der Waals surface area contributed by atoms with Crippen molar-refractivity contribution in [3.63, 3.8) is 0 Å². The topological polar surface area (TPSA) is 105 Å². The quantitative estimate of drug-likeness (QED) is 0.149. The lowest BCUT2D eigenvalue weighted by molar-refractivity contribution is -0.385. The molecule has 4 aromatic rings. The summed E-state index contributed by atoms with van der Waals surface area (Å²) in [6.45, 7) is 1.97. The number of nitro groups is 2. The van der Waals surface area contributed by atoms with Crippen molar-refractivity contribution in [1.82, 2.24) is 0 Å². The molecule has 0 radical (unpaired) electrons. The molecule has 4 rings (SSSR count). The molecule has 174 valence electrons. The summed E-state index contributed by atoms with van der Waals surface area (Å²) in [6, 6.07) is 26.9. The van der Waals surface area contributed by atoms with E-state index in [9.17, 15) is 20.2 Å². The second kappa shape index (κ2) is 10.3. The average Bonchev–Trinajstić information content (AvgIpc) is 2.86. The molecule has 0 amide bonds.